The van der Waals surface area contributed by atoms with Crippen molar-refractivity contribution in [3.8, 4) is 16.9 Å². The van der Waals surface area contributed by atoms with Crippen LogP contribution < -0.4 is 4.74 Å². The van der Waals surface area contributed by atoms with Crippen molar-refractivity contribution >= 4 is 0 Å². The average molecular weight is 242 g/mol. The number of aryl methyl sites for hydroxylation is 1. The van der Waals surface area contributed by atoms with Crippen molar-refractivity contribution < 1.29 is 4.74 Å². The summed E-state index contributed by atoms with van der Waals surface area (Å²) in [6.07, 6.45) is 3.66. The average Bonchev–Trinajstić information content (AvgIpc) is 2.39. The zero-order chi connectivity index (χ0) is 13.1. The summed E-state index contributed by atoms with van der Waals surface area (Å²) < 4.78 is 5.47. The predicted molar refractivity (Wildman–Crippen MR) is 72.8 cm³/mol. The molecule has 0 aliphatic carbocycles. The Kier molecular flexibility index (Phi) is 3.60. The van der Waals surface area contributed by atoms with Crippen molar-refractivity contribution in [1.82, 2.24) is 9.97 Å². The number of rotatable bonds is 3. The molecule has 0 saturated carbocycles. The van der Waals surface area contributed by atoms with Crippen LogP contribution in [0.3, 0.4) is 0 Å². The lowest BCUT2D eigenvalue weighted by Crippen LogP contribution is -1.94. The van der Waals surface area contributed by atoms with E-state index in [-0.39, 0.29) is 0 Å². The van der Waals surface area contributed by atoms with Crippen molar-refractivity contribution in [2.45, 2.75) is 26.7 Å². The number of hydrogen-bond donors (Lipinski definition) is 0. The minimum Gasteiger partial charge on any atom is -0.496 e. The maximum Gasteiger partial charge on any atom is 0.127 e. The number of ether oxygens (including phenoxy) is 1. The summed E-state index contributed by atoms with van der Waals surface area (Å²) in [7, 11) is 1.69. The molecule has 3 nitrogen and oxygen atoms in total. The zero-order valence-corrected chi connectivity index (χ0v) is 11.3. The molecule has 0 bridgehead atoms. The van der Waals surface area contributed by atoms with Crippen LogP contribution >= 0.6 is 0 Å². The SMILES string of the molecule is COc1cc(C(C)C)ccc1-c1cnc(C)nc1. The van der Waals surface area contributed by atoms with Gasteiger partial charge in [-0.2, -0.15) is 0 Å². The van der Waals surface area contributed by atoms with E-state index in [2.05, 4.69) is 42.0 Å². The molecular weight excluding hydrogens is 224 g/mol. The third-order valence-corrected chi connectivity index (χ3v) is 2.98. The Labute approximate surface area is 108 Å². The standard InChI is InChI=1S/C15H18N2O/c1-10(2)12-5-6-14(15(7-12)18-4)13-8-16-11(3)17-9-13/h5-10H,1-4H3. The van der Waals surface area contributed by atoms with Gasteiger partial charge in [-0.1, -0.05) is 26.0 Å². The van der Waals surface area contributed by atoms with E-state index in [9.17, 15) is 0 Å². The molecule has 0 radical (unpaired) electrons. The molecule has 0 atom stereocenters. The lowest BCUT2D eigenvalue weighted by Gasteiger charge is -2.12. The van der Waals surface area contributed by atoms with E-state index >= 15 is 0 Å². The molecule has 0 aliphatic heterocycles. The Morgan fingerprint density at radius 1 is 1.11 bits per heavy atom. The highest BCUT2D eigenvalue weighted by molar-refractivity contribution is 5.69. The van der Waals surface area contributed by atoms with E-state index < -0.39 is 0 Å². The predicted octanol–water partition coefficient (Wildman–Crippen LogP) is 3.58. The van der Waals surface area contributed by atoms with E-state index in [0.717, 1.165) is 22.7 Å². The third kappa shape index (κ3) is 2.50. The van der Waals surface area contributed by atoms with Gasteiger partial charge in [0, 0.05) is 23.5 Å². The topological polar surface area (TPSA) is 35.0 Å². The van der Waals surface area contributed by atoms with Crippen molar-refractivity contribution in [1.29, 1.82) is 0 Å². The first-order chi connectivity index (χ1) is 8.61. The van der Waals surface area contributed by atoms with Crippen LogP contribution in [0.4, 0.5) is 0 Å². The van der Waals surface area contributed by atoms with Gasteiger partial charge in [0.15, 0.2) is 0 Å². The van der Waals surface area contributed by atoms with Crippen LogP contribution in [-0.4, -0.2) is 17.1 Å². The second-order valence-electron chi connectivity index (χ2n) is 4.63. The minimum atomic E-state index is 0.488. The van der Waals surface area contributed by atoms with Gasteiger partial charge in [-0.3, -0.25) is 0 Å². The molecule has 18 heavy (non-hydrogen) atoms. The van der Waals surface area contributed by atoms with Gasteiger partial charge < -0.3 is 4.74 Å². The second-order valence-corrected chi connectivity index (χ2v) is 4.63. The molecule has 0 N–H and O–H groups in total. The van der Waals surface area contributed by atoms with Crippen LogP contribution in [0.25, 0.3) is 11.1 Å². The molecule has 0 unspecified atom stereocenters. The molecule has 3 heteroatoms. The molecule has 1 aromatic carbocycles. The summed E-state index contributed by atoms with van der Waals surface area (Å²) >= 11 is 0. The molecule has 1 aromatic heterocycles. The first-order valence-corrected chi connectivity index (χ1v) is 6.08. The Morgan fingerprint density at radius 3 is 2.33 bits per heavy atom. The molecule has 0 fully saturated rings. The summed E-state index contributed by atoms with van der Waals surface area (Å²) in [6, 6.07) is 6.28. The van der Waals surface area contributed by atoms with Crippen LogP contribution in [0, 0.1) is 6.92 Å². The van der Waals surface area contributed by atoms with Crippen molar-refractivity contribution in [3.63, 3.8) is 0 Å². The molecule has 2 aromatic rings. The van der Waals surface area contributed by atoms with E-state index in [1.54, 1.807) is 7.11 Å². The Balaban J connectivity index is 2.47. The lowest BCUT2D eigenvalue weighted by atomic mass is 9.99. The highest BCUT2D eigenvalue weighted by Crippen LogP contribution is 2.32. The molecular formula is C15H18N2O. The molecule has 0 amide bonds. The molecule has 2 rings (SSSR count). The summed E-state index contributed by atoms with van der Waals surface area (Å²) in [5.74, 6) is 2.13. The van der Waals surface area contributed by atoms with Crippen LogP contribution in [-0.2, 0) is 0 Å². The quantitative estimate of drug-likeness (QED) is 0.825. The summed E-state index contributed by atoms with van der Waals surface area (Å²) in [4.78, 5) is 8.44. The second kappa shape index (κ2) is 5.17. The largest absolute Gasteiger partial charge is 0.496 e. The maximum atomic E-state index is 5.47. The fourth-order valence-electron chi connectivity index (χ4n) is 1.84. The highest BCUT2D eigenvalue weighted by atomic mass is 16.5. The van der Waals surface area contributed by atoms with E-state index in [0.29, 0.717) is 5.92 Å². The van der Waals surface area contributed by atoms with Crippen molar-refractivity contribution in [2.75, 3.05) is 7.11 Å². The van der Waals surface area contributed by atoms with Crippen LogP contribution in [0.1, 0.15) is 31.2 Å². The Hall–Kier alpha value is -1.90. The van der Waals surface area contributed by atoms with Gasteiger partial charge in [-0.15, -0.1) is 0 Å². The van der Waals surface area contributed by atoms with Gasteiger partial charge in [0.2, 0.25) is 0 Å². The Bertz CT molecular complexity index is 533. The Morgan fingerprint density at radius 2 is 1.78 bits per heavy atom. The minimum absolute atomic E-state index is 0.488. The van der Waals surface area contributed by atoms with Crippen LogP contribution in [0.2, 0.25) is 0 Å². The van der Waals surface area contributed by atoms with Gasteiger partial charge in [-0.25, -0.2) is 9.97 Å². The normalized spacial score (nSPS) is 10.7. The number of benzene rings is 1. The molecule has 0 aliphatic rings. The van der Waals surface area contributed by atoms with E-state index in [4.69, 9.17) is 4.74 Å². The monoisotopic (exact) mass is 242 g/mol. The first kappa shape index (κ1) is 12.6. The van der Waals surface area contributed by atoms with Gasteiger partial charge in [0.1, 0.15) is 11.6 Å². The van der Waals surface area contributed by atoms with Crippen molar-refractivity contribution in [3.05, 3.63) is 42.0 Å². The number of nitrogens with zero attached hydrogens (tertiary/aromatic N) is 2. The summed E-state index contributed by atoms with van der Waals surface area (Å²) in [6.45, 7) is 6.22. The fraction of sp³-hybridized carbons (Fsp3) is 0.333. The number of hydrogen-bond acceptors (Lipinski definition) is 3. The smallest absolute Gasteiger partial charge is 0.127 e. The number of methoxy groups -OCH3 is 1. The maximum absolute atomic E-state index is 5.47. The van der Waals surface area contributed by atoms with Gasteiger partial charge in [0.25, 0.3) is 0 Å². The summed E-state index contributed by atoms with van der Waals surface area (Å²) in [5.41, 5.74) is 3.28. The zero-order valence-electron chi connectivity index (χ0n) is 11.3. The number of aromatic nitrogens is 2. The molecule has 1 heterocycles. The van der Waals surface area contributed by atoms with Gasteiger partial charge in [0.05, 0.1) is 7.11 Å². The highest BCUT2D eigenvalue weighted by Gasteiger charge is 2.09. The fourth-order valence-corrected chi connectivity index (χ4v) is 1.84. The molecule has 0 saturated heterocycles. The lowest BCUT2D eigenvalue weighted by molar-refractivity contribution is 0.415. The summed E-state index contributed by atoms with van der Waals surface area (Å²) in [5, 5.41) is 0. The van der Waals surface area contributed by atoms with Gasteiger partial charge >= 0.3 is 0 Å². The van der Waals surface area contributed by atoms with Crippen molar-refractivity contribution in [2.24, 2.45) is 0 Å². The van der Waals surface area contributed by atoms with E-state index in [1.165, 1.54) is 5.56 Å². The molecule has 94 valence electrons. The first-order valence-electron chi connectivity index (χ1n) is 6.08. The van der Waals surface area contributed by atoms with Crippen LogP contribution in [0.5, 0.6) is 5.75 Å². The molecule has 0 spiro atoms. The van der Waals surface area contributed by atoms with Gasteiger partial charge in [-0.05, 0) is 24.5 Å². The van der Waals surface area contributed by atoms with E-state index in [1.807, 2.05) is 19.3 Å². The third-order valence-electron chi connectivity index (χ3n) is 2.98. The van der Waals surface area contributed by atoms with Crippen LogP contribution in [0.15, 0.2) is 30.6 Å².